The van der Waals surface area contributed by atoms with Gasteiger partial charge in [0.1, 0.15) is 17.3 Å². The van der Waals surface area contributed by atoms with Crippen LogP contribution in [-0.2, 0) is 21.5 Å². The zero-order chi connectivity index (χ0) is 25.3. The predicted octanol–water partition coefficient (Wildman–Crippen LogP) is 4.72. The molecule has 3 aromatic rings. The SMILES string of the molecule is COc1ccc(C(C)(C)C)cc1/C(O)=C1\C(=O)C(=O)N(Cc2ccncc2)C1c1cccc(O)c1. The van der Waals surface area contributed by atoms with E-state index in [9.17, 15) is 19.8 Å². The molecule has 2 heterocycles. The first-order valence-corrected chi connectivity index (χ1v) is 11.3. The number of phenolic OH excluding ortho intramolecular Hbond substituents is 1. The molecule has 4 rings (SSSR count). The summed E-state index contributed by atoms with van der Waals surface area (Å²) < 4.78 is 5.49. The molecule has 0 spiro atoms. The van der Waals surface area contributed by atoms with Gasteiger partial charge in [0.15, 0.2) is 0 Å². The van der Waals surface area contributed by atoms with E-state index >= 15 is 0 Å². The topological polar surface area (TPSA) is 100.0 Å². The lowest BCUT2D eigenvalue weighted by Crippen LogP contribution is -2.29. The lowest BCUT2D eigenvalue weighted by Gasteiger charge is -2.26. The maximum absolute atomic E-state index is 13.3. The molecular weight excluding hydrogens is 444 g/mol. The van der Waals surface area contributed by atoms with Gasteiger partial charge in [-0.2, -0.15) is 0 Å². The van der Waals surface area contributed by atoms with Crippen LogP contribution in [0.25, 0.3) is 5.76 Å². The molecule has 1 saturated heterocycles. The van der Waals surface area contributed by atoms with Crippen molar-refractivity contribution in [3.8, 4) is 11.5 Å². The number of aromatic hydroxyl groups is 1. The van der Waals surface area contributed by atoms with Gasteiger partial charge in [0.2, 0.25) is 0 Å². The summed E-state index contributed by atoms with van der Waals surface area (Å²) in [5.74, 6) is -1.48. The summed E-state index contributed by atoms with van der Waals surface area (Å²) in [5, 5.41) is 21.7. The van der Waals surface area contributed by atoms with Crippen LogP contribution in [-0.4, -0.2) is 38.9 Å². The van der Waals surface area contributed by atoms with Crippen molar-refractivity contribution in [1.82, 2.24) is 9.88 Å². The first-order valence-electron chi connectivity index (χ1n) is 11.3. The van der Waals surface area contributed by atoms with E-state index in [0.717, 1.165) is 11.1 Å². The normalized spacial score (nSPS) is 17.6. The van der Waals surface area contributed by atoms with Crippen LogP contribution in [0.15, 0.2) is 72.6 Å². The molecule has 0 aliphatic carbocycles. The number of likely N-dealkylation sites (tertiary alicyclic amines) is 1. The Bertz CT molecular complexity index is 1310. The number of methoxy groups -OCH3 is 1. The number of carbonyl (C=O) groups excluding carboxylic acids is 2. The van der Waals surface area contributed by atoms with Crippen molar-refractivity contribution in [2.75, 3.05) is 7.11 Å². The van der Waals surface area contributed by atoms with E-state index in [1.165, 1.54) is 24.1 Å². The Morgan fingerprint density at radius 3 is 2.40 bits per heavy atom. The Balaban J connectivity index is 1.94. The van der Waals surface area contributed by atoms with E-state index in [1.54, 1.807) is 48.8 Å². The number of amides is 1. The zero-order valence-corrected chi connectivity index (χ0v) is 20.1. The Hall–Kier alpha value is -4.13. The zero-order valence-electron chi connectivity index (χ0n) is 20.1. The summed E-state index contributed by atoms with van der Waals surface area (Å²) in [6, 6.07) is 14.4. The third kappa shape index (κ3) is 4.62. The van der Waals surface area contributed by atoms with Gasteiger partial charge in [-0.3, -0.25) is 14.6 Å². The molecule has 0 bridgehead atoms. The Kier molecular flexibility index (Phi) is 6.35. The highest BCUT2D eigenvalue weighted by Crippen LogP contribution is 2.43. The number of ether oxygens (including phenoxy) is 1. The number of carbonyl (C=O) groups is 2. The number of benzene rings is 2. The fraction of sp³-hybridized carbons (Fsp3) is 0.250. The molecule has 0 radical (unpaired) electrons. The van der Waals surface area contributed by atoms with Crippen molar-refractivity contribution in [2.24, 2.45) is 0 Å². The number of rotatable bonds is 5. The largest absolute Gasteiger partial charge is 0.508 e. The quantitative estimate of drug-likeness (QED) is 0.317. The lowest BCUT2D eigenvalue weighted by atomic mass is 9.85. The highest BCUT2D eigenvalue weighted by atomic mass is 16.5. The Morgan fingerprint density at radius 1 is 1.06 bits per heavy atom. The molecule has 1 aliphatic heterocycles. The predicted molar refractivity (Wildman–Crippen MR) is 132 cm³/mol. The van der Waals surface area contributed by atoms with Gasteiger partial charge in [0, 0.05) is 18.9 Å². The average molecular weight is 473 g/mol. The summed E-state index contributed by atoms with van der Waals surface area (Å²) in [6.07, 6.45) is 3.22. The smallest absolute Gasteiger partial charge is 0.295 e. The van der Waals surface area contributed by atoms with E-state index in [1.807, 2.05) is 26.8 Å². The fourth-order valence-corrected chi connectivity index (χ4v) is 4.27. The highest BCUT2D eigenvalue weighted by molar-refractivity contribution is 6.46. The van der Waals surface area contributed by atoms with E-state index in [0.29, 0.717) is 16.9 Å². The summed E-state index contributed by atoms with van der Waals surface area (Å²) in [4.78, 5) is 32.0. The molecule has 7 nitrogen and oxygen atoms in total. The minimum atomic E-state index is -0.904. The maximum atomic E-state index is 13.3. The number of phenols is 1. The molecule has 35 heavy (non-hydrogen) atoms. The summed E-state index contributed by atoms with van der Waals surface area (Å²) >= 11 is 0. The second-order valence-corrected chi connectivity index (χ2v) is 9.54. The van der Waals surface area contributed by atoms with Crippen LogP contribution in [0.3, 0.4) is 0 Å². The number of ketones is 1. The fourth-order valence-electron chi connectivity index (χ4n) is 4.27. The van der Waals surface area contributed by atoms with Crippen LogP contribution in [0.1, 0.15) is 49.1 Å². The first kappa shape index (κ1) is 24.0. The van der Waals surface area contributed by atoms with Gasteiger partial charge in [0.25, 0.3) is 11.7 Å². The van der Waals surface area contributed by atoms with Crippen molar-refractivity contribution < 1.29 is 24.5 Å². The second-order valence-electron chi connectivity index (χ2n) is 9.54. The number of aromatic nitrogens is 1. The van der Waals surface area contributed by atoms with Crippen molar-refractivity contribution in [3.05, 3.63) is 94.8 Å². The second kappa shape index (κ2) is 9.25. The number of Topliss-reactive ketones (excluding diaryl/α,β-unsaturated/α-hetero) is 1. The van der Waals surface area contributed by atoms with Gasteiger partial charge < -0.3 is 19.8 Å². The number of pyridine rings is 1. The molecule has 180 valence electrons. The summed E-state index contributed by atoms with van der Waals surface area (Å²) in [5.41, 5.74) is 2.26. The van der Waals surface area contributed by atoms with E-state index in [2.05, 4.69) is 4.98 Å². The molecule has 1 atom stereocenters. The molecule has 2 N–H and O–H groups in total. The van der Waals surface area contributed by atoms with Crippen molar-refractivity contribution in [1.29, 1.82) is 0 Å². The maximum Gasteiger partial charge on any atom is 0.295 e. The average Bonchev–Trinajstić information content (AvgIpc) is 3.08. The van der Waals surface area contributed by atoms with Gasteiger partial charge >= 0.3 is 0 Å². The summed E-state index contributed by atoms with van der Waals surface area (Å²) in [6.45, 7) is 6.25. The van der Waals surface area contributed by atoms with Crippen LogP contribution in [0.5, 0.6) is 11.5 Å². The third-order valence-electron chi connectivity index (χ3n) is 6.15. The van der Waals surface area contributed by atoms with Gasteiger partial charge in [-0.15, -0.1) is 0 Å². The number of aliphatic hydroxyl groups is 1. The van der Waals surface area contributed by atoms with Gasteiger partial charge in [0.05, 0.1) is 24.3 Å². The third-order valence-corrected chi connectivity index (χ3v) is 6.15. The molecule has 1 unspecified atom stereocenters. The molecule has 1 amide bonds. The Morgan fingerprint density at radius 2 is 1.77 bits per heavy atom. The van der Waals surface area contributed by atoms with Crippen molar-refractivity contribution in [2.45, 2.75) is 38.8 Å². The molecule has 0 saturated carbocycles. The number of nitrogens with zero attached hydrogens (tertiary/aromatic N) is 2. The lowest BCUT2D eigenvalue weighted by molar-refractivity contribution is -0.140. The van der Waals surface area contributed by atoms with Gasteiger partial charge in [-0.25, -0.2) is 0 Å². The van der Waals surface area contributed by atoms with Crippen LogP contribution in [0.2, 0.25) is 0 Å². The van der Waals surface area contributed by atoms with Gasteiger partial charge in [-0.05, 0) is 58.5 Å². The standard InChI is InChI=1S/C28H28N2O5/c1-28(2,3)19-8-9-22(35-4)21(15-19)25(32)23-24(18-6-5-7-20(31)14-18)30(27(34)26(23)33)16-17-10-12-29-13-11-17/h5-15,24,31-32H,16H2,1-4H3/b25-23+. The molecular formula is C28H28N2O5. The van der Waals surface area contributed by atoms with Crippen molar-refractivity contribution >= 4 is 17.4 Å². The monoisotopic (exact) mass is 472 g/mol. The van der Waals surface area contributed by atoms with Crippen LogP contribution >= 0.6 is 0 Å². The molecule has 1 aliphatic rings. The molecule has 2 aromatic carbocycles. The molecule has 7 heteroatoms. The van der Waals surface area contributed by atoms with E-state index in [-0.39, 0.29) is 29.0 Å². The Labute approximate surface area is 204 Å². The van der Waals surface area contributed by atoms with Crippen LogP contribution < -0.4 is 4.74 Å². The minimum absolute atomic E-state index is 0.00990. The van der Waals surface area contributed by atoms with Crippen LogP contribution in [0, 0.1) is 0 Å². The van der Waals surface area contributed by atoms with E-state index < -0.39 is 17.7 Å². The van der Waals surface area contributed by atoms with E-state index in [4.69, 9.17) is 4.74 Å². The minimum Gasteiger partial charge on any atom is -0.508 e. The summed E-state index contributed by atoms with van der Waals surface area (Å²) in [7, 11) is 1.48. The number of hydrogen-bond acceptors (Lipinski definition) is 6. The number of aliphatic hydroxyl groups excluding tert-OH is 1. The molecule has 1 fully saturated rings. The molecule has 1 aromatic heterocycles. The van der Waals surface area contributed by atoms with Gasteiger partial charge in [-0.1, -0.05) is 39.0 Å². The van der Waals surface area contributed by atoms with Crippen molar-refractivity contribution in [3.63, 3.8) is 0 Å². The highest BCUT2D eigenvalue weighted by Gasteiger charge is 2.46. The van der Waals surface area contributed by atoms with Crippen LogP contribution in [0.4, 0.5) is 0 Å². The first-order chi connectivity index (χ1) is 16.6. The number of hydrogen-bond donors (Lipinski definition) is 2.